The quantitative estimate of drug-likeness (QED) is 0.574. The number of para-hydroxylation sites is 1. The summed E-state index contributed by atoms with van der Waals surface area (Å²) < 4.78 is 26.5. The molecule has 3 aromatic rings. The van der Waals surface area contributed by atoms with Gasteiger partial charge in [-0.2, -0.15) is 0 Å². The summed E-state index contributed by atoms with van der Waals surface area (Å²) in [7, 11) is 0. The Kier molecular flexibility index (Phi) is 3.60. The van der Waals surface area contributed by atoms with Crippen LogP contribution in [0, 0.1) is 11.6 Å². The molecule has 3 rings (SSSR count). The second kappa shape index (κ2) is 5.55. The third-order valence-electron chi connectivity index (χ3n) is 3.44. The molecule has 1 aromatic heterocycles. The number of nitrogens with zero attached hydrogens (tertiary/aromatic N) is 1. The van der Waals surface area contributed by atoms with Crippen LogP contribution in [0.25, 0.3) is 10.9 Å². The van der Waals surface area contributed by atoms with E-state index in [0.29, 0.717) is 5.56 Å². The molecule has 0 saturated carbocycles. The van der Waals surface area contributed by atoms with Crippen molar-refractivity contribution in [2.24, 2.45) is 5.84 Å². The van der Waals surface area contributed by atoms with Gasteiger partial charge in [0.25, 0.3) is 0 Å². The zero-order chi connectivity index (χ0) is 14.8. The van der Waals surface area contributed by atoms with E-state index in [2.05, 4.69) is 10.4 Å². The molecule has 0 aliphatic carbocycles. The van der Waals surface area contributed by atoms with Crippen LogP contribution in [0.15, 0.2) is 54.7 Å². The van der Waals surface area contributed by atoms with Crippen molar-refractivity contribution in [3.63, 3.8) is 0 Å². The molecule has 1 heterocycles. The number of hydrogen-bond acceptors (Lipinski definition) is 3. The first kappa shape index (κ1) is 13.6. The van der Waals surface area contributed by atoms with Gasteiger partial charge in [-0.15, -0.1) is 0 Å². The summed E-state index contributed by atoms with van der Waals surface area (Å²) in [5, 5.41) is 0.910. The van der Waals surface area contributed by atoms with Crippen LogP contribution in [0.2, 0.25) is 0 Å². The Morgan fingerprint density at radius 2 is 1.81 bits per heavy atom. The highest BCUT2D eigenvalue weighted by Crippen LogP contribution is 2.28. The van der Waals surface area contributed by atoms with Gasteiger partial charge in [-0.05, 0) is 35.4 Å². The lowest BCUT2D eigenvalue weighted by molar-refractivity contribution is 0.504. The number of aromatic nitrogens is 1. The van der Waals surface area contributed by atoms with Gasteiger partial charge in [0, 0.05) is 11.6 Å². The van der Waals surface area contributed by atoms with Crippen molar-refractivity contribution in [2.45, 2.75) is 6.04 Å². The Labute approximate surface area is 120 Å². The van der Waals surface area contributed by atoms with Crippen molar-refractivity contribution in [1.82, 2.24) is 10.4 Å². The van der Waals surface area contributed by atoms with Crippen LogP contribution in [0.4, 0.5) is 8.78 Å². The lowest BCUT2D eigenvalue weighted by Gasteiger charge is -2.18. The summed E-state index contributed by atoms with van der Waals surface area (Å²) in [6.45, 7) is 0. The molecule has 1 unspecified atom stereocenters. The third kappa shape index (κ3) is 2.49. The molecule has 3 N–H and O–H groups in total. The Bertz CT molecular complexity index is 784. The molecule has 0 aliphatic heterocycles. The van der Waals surface area contributed by atoms with Crippen molar-refractivity contribution < 1.29 is 8.78 Å². The normalized spacial score (nSPS) is 12.5. The fourth-order valence-corrected chi connectivity index (χ4v) is 2.43. The standard InChI is InChI=1S/C16H13F2N3/c17-13-6-5-10(9-14(13)18)16(21-19)12-7-8-20-15-4-2-1-3-11(12)15/h1-9,16,21H,19H2. The molecule has 0 amide bonds. The first-order chi connectivity index (χ1) is 10.2. The number of benzene rings is 2. The summed E-state index contributed by atoms with van der Waals surface area (Å²) in [5.41, 5.74) is 4.88. The van der Waals surface area contributed by atoms with Gasteiger partial charge in [0.2, 0.25) is 0 Å². The molecule has 1 atom stereocenters. The maximum atomic E-state index is 13.4. The fourth-order valence-electron chi connectivity index (χ4n) is 2.43. The van der Waals surface area contributed by atoms with Crippen molar-refractivity contribution in [3.05, 3.63) is 77.5 Å². The minimum atomic E-state index is -0.897. The minimum Gasteiger partial charge on any atom is -0.271 e. The van der Waals surface area contributed by atoms with Crippen LogP contribution in [-0.2, 0) is 0 Å². The lowest BCUT2D eigenvalue weighted by Crippen LogP contribution is -2.29. The maximum Gasteiger partial charge on any atom is 0.159 e. The van der Waals surface area contributed by atoms with Crippen LogP contribution < -0.4 is 11.3 Å². The van der Waals surface area contributed by atoms with Crippen LogP contribution in [0.1, 0.15) is 17.2 Å². The highest BCUT2D eigenvalue weighted by Gasteiger charge is 2.17. The number of hydrogen-bond donors (Lipinski definition) is 2. The molecule has 0 aliphatic rings. The second-order valence-corrected chi connectivity index (χ2v) is 4.69. The van der Waals surface area contributed by atoms with Crippen LogP contribution in [-0.4, -0.2) is 4.98 Å². The molecule has 0 spiro atoms. The molecule has 106 valence electrons. The molecular weight excluding hydrogens is 272 g/mol. The Morgan fingerprint density at radius 1 is 1.00 bits per heavy atom. The lowest BCUT2D eigenvalue weighted by atomic mass is 9.96. The van der Waals surface area contributed by atoms with E-state index in [-0.39, 0.29) is 0 Å². The summed E-state index contributed by atoms with van der Waals surface area (Å²) in [4.78, 5) is 4.28. The second-order valence-electron chi connectivity index (χ2n) is 4.69. The van der Waals surface area contributed by atoms with Gasteiger partial charge in [0.05, 0.1) is 11.6 Å². The molecule has 2 aromatic carbocycles. The average Bonchev–Trinajstić information content (AvgIpc) is 2.52. The van der Waals surface area contributed by atoms with E-state index in [1.54, 1.807) is 6.20 Å². The highest BCUT2D eigenvalue weighted by molar-refractivity contribution is 5.82. The SMILES string of the molecule is NNC(c1ccc(F)c(F)c1)c1ccnc2ccccc12. The van der Waals surface area contributed by atoms with E-state index >= 15 is 0 Å². The topological polar surface area (TPSA) is 50.9 Å². The molecular formula is C16H13F2N3. The van der Waals surface area contributed by atoms with E-state index in [1.807, 2.05) is 30.3 Å². The Morgan fingerprint density at radius 3 is 2.57 bits per heavy atom. The summed E-state index contributed by atoms with van der Waals surface area (Å²) in [6.07, 6.45) is 1.67. The van der Waals surface area contributed by atoms with Gasteiger partial charge in [0.1, 0.15) is 0 Å². The van der Waals surface area contributed by atoms with Crippen LogP contribution in [0.5, 0.6) is 0 Å². The van der Waals surface area contributed by atoms with Crippen molar-refractivity contribution in [2.75, 3.05) is 0 Å². The zero-order valence-corrected chi connectivity index (χ0v) is 11.1. The van der Waals surface area contributed by atoms with Crippen molar-refractivity contribution in [3.8, 4) is 0 Å². The minimum absolute atomic E-state index is 0.451. The van der Waals surface area contributed by atoms with Gasteiger partial charge in [-0.3, -0.25) is 10.8 Å². The first-order valence-electron chi connectivity index (χ1n) is 6.45. The summed E-state index contributed by atoms with van der Waals surface area (Å²) in [6, 6.07) is 12.7. The van der Waals surface area contributed by atoms with Gasteiger partial charge >= 0.3 is 0 Å². The monoisotopic (exact) mass is 285 g/mol. The van der Waals surface area contributed by atoms with Gasteiger partial charge in [0.15, 0.2) is 11.6 Å². The Balaban J connectivity index is 2.16. The van der Waals surface area contributed by atoms with Crippen LogP contribution in [0.3, 0.4) is 0 Å². The first-order valence-corrected chi connectivity index (χ1v) is 6.45. The van der Waals surface area contributed by atoms with Gasteiger partial charge in [-0.1, -0.05) is 24.3 Å². The maximum absolute atomic E-state index is 13.4. The number of pyridine rings is 1. The molecule has 3 nitrogen and oxygen atoms in total. The molecule has 0 saturated heterocycles. The Hall–Kier alpha value is -2.37. The molecule has 0 fully saturated rings. The average molecular weight is 285 g/mol. The van der Waals surface area contributed by atoms with Crippen molar-refractivity contribution in [1.29, 1.82) is 0 Å². The largest absolute Gasteiger partial charge is 0.271 e. The fraction of sp³-hybridized carbons (Fsp3) is 0.0625. The summed E-state index contributed by atoms with van der Waals surface area (Å²) in [5.74, 6) is 3.85. The van der Waals surface area contributed by atoms with Gasteiger partial charge in [-0.25, -0.2) is 14.2 Å². The van der Waals surface area contributed by atoms with Gasteiger partial charge < -0.3 is 0 Å². The molecule has 21 heavy (non-hydrogen) atoms. The van der Waals surface area contributed by atoms with Crippen LogP contribution >= 0.6 is 0 Å². The number of fused-ring (bicyclic) bond motifs is 1. The third-order valence-corrected chi connectivity index (χ3v) is 3.44. The molecule has 0 bridgehead atoms. The van der Waals surface area contributed by atoms with E-state index in [1.165, 1.54) is 6.07 Å². The number of nitrogens with two attached hydrogens (primary N) is 1. The molecule has 5 heteroatoms. The van der Waals surface area contributed by atoms with E-state index in [4.69, 9.17) is 5.84 Å². The predicted molar refractivity (Wildman–Crippen MR) is 77.3 cm³/mol. The molecule has 0 radical (unpaired) electrons. The van der Waals surface area contributed by atoms with E-state index < -0.39 is 17.7 Å². The smallest absolute Gasteiger partial charge is 0.159 e. The number of halogens is 2. The number of rotatable bonds is 3. The zero-order valence-electron chi connectivity index (χ0n) is 11.1. The predicted octanol–water partition coefficient (Wildman–Crippen LogP) is 3.07. The number of hydrazine groups is 1. The highest BCUT2D eigenvalue weighted by atomic mass is 19.2. The van der Waals surface area contributed by atoms with E-state index in [0.717, 1.165) is 28.6 Å². The van der Waals surface area contributed by atoms with Crippen molar-refractivity contribution >= 4 is 10.9 Å². The number of nitrogens with one attached hydrogen (secondary N) is 1. The summed E-state index contributed by atoms with van der Waals surface area (Å²) >= 11 is 0. The van der Waals surface area contributed by atoms with E-state index in [9.17, 15) is 8.78 Å².